The fourth-order valence-corrected chi connectivity index (χ4v) is 2.22. The van der Waals surface area contributed by atoms with Crippen LogP contribution in [-0.4, -0.2) is 12.9 Å². The van der Waals surface area contributed by atoms with Gasteiger partial charge in [0.25, 0.3) is 0 Å². The van der Waals surface area contributed by atoms with Crippen molar-refractivity contribution in [2.75, 3.05) is 7.11 Å². The van der Waals surface area contributed by atoms with E-state index in [1.165, 1.54) is 7.11 Å². The van der Waals surface area contributed by atoms with Gasteiger partial charge in [-0.05, 0) is 23.8 Å². The van der Waals surface area contributed by atoms with Crippen molar-refractivity contribution in [2.45, 2.75) is 5.38 Å². The molecule has 0 bridgehead atoms. The Hall–Kier alpha value is -1.51. The van der Waals surface area contributed by atoms with Crippen molar-refractivity contribution >= 4 is 29.0 Å². The molecule has 2 rings (SSSR count). The van der Waals surface area contributed by atoms with Crippen molar-refractivity contribution in [3.63, 3.8) is 0 Å². The Morgan fingerprint density at radius 3 is 2.47 bits per heavy atom. The number of alkyl halides is 1. The molecule has 19 heavy (non-hydrogen) atoms. The first kappa shape index (κ1) is 13.9. The Balaban J connectivity index is 2.37. The molecule has 4 heteroatoms. The third-order valence-electron chi connectivity index (χ3n) is 2.75. The molecule has 2 nitrogen and oxygen atoms in total. The SMILES string of the molecule is COc1ccc(Cl)cc1C(=O)C(Cl)c1ccccc1. The van der Waals surface area contributed by atoms with Crippen molar-refractivity contribution in [3.8, 4) is 5.75 Å². The monoisotopic (exact) mass is 294 g/mol. The zero-order chi connectivity index (χ0) is 13.8. The van der Waals surface area contributed by atoms with E-state index in [9.17, 15) is 4.79 Å². The summed E-state index contributed by atoms with van der Waals surface area (Å²) in [6.07, 6.45) is 0. The van der Waals surface area contributed by atoms with Gasteiger partial charge in [-0.25, -0.2) is 0 Å². The zero-order valence-electron chi connectivity index (χ0n) is 10.3. The highest BCUT2D eigenvalue weighted by atomic mass is 35.5. The molecule has 0 fully saturated rings. The molecule has 1 unspecified atom stereocenters. The van der Waals surface area contributed by atoms with E-state index in [0.717, 1.165) is 5.56 Å². The van der Waals surface area contributed by atoms with Crippen LogP contribution in [0.4, 0.5) is 0 Å². The molecule has 0 aliphatic heterocycles. The second-order valence-electron chi connectivity index (χ2n) is 3.98. The van der Waals surface area contributed by atoms with E-state index >= 15 is 0 Å². The number of benzene rings is 2. The molecule has 0 saturated carbocycles. The van der Waals surface area contributed by atoms with E-state index in [1.807, 2.05) is 30.3 Å². The maximum Gasteiger partial charge on any atom is 0.188 e. The summed E-state index contributed by atoms with van der Waals surface area (Å²) in [6.45, 7) is 0. The lowest BCUT2D eigenvalue weighted by Gasteiger charge is -2.12. The van der Waals surface area contributed by atoms with Crippen LogP contribution in [-0.2, 0) is 0 Å². The molecule has 98 valence electrons. The molecular formula is C15H12Cl2O2. The van der Waals surface area contributed by atoms with Gasteiger partial charge in [0.2, 0.25) is 0 Å². The minimum atomic E-state index is -0.756. The number of carbonyl (C=O) groups excluding carboxylic acids is 1. The number of methoxy groups -OCH3 is 1. The summed E-state index contributed by atoms with van der Waals surface area (Å²) in [7, 11) is 1.51. The zero-order valence-corrected chi connectivity index (χ0v) is 11.8. The molecular weight excluding hydrogens is 283 g/mol. The van der Waals surface area contributed by atoms with Gasteiger partial charge in [-0.3, -0.25) is 4.79 Å². The normalized spacial score (nSPS) is 11.9. The maximum atomic E-state index is 12.4. The molecule has 0 heterocycles. The quantitative estimate of drug-likeness (QED) is 0.612. The number of hydrogen-bond donors (Lipinski definition) is 0. The first-order chi connectivity index (χ1) is 9.13. The van der Waals surface area contributed by atoms with Crippen LogP contribution < -0.4 is 4.74 Å². The van der Waals surface area contributed by atoms with Crippen LogP contribution in [0, 0.1) is 0 Å². The van der Waals surface area contributed by atoms with E-state index in [0.29, 0.717) is 16.3 Å². The number of ether oxygens (including phenoxy) is 1. The van der Waals surface area contributed by atoms with Crippen LogP contribution in [0.2, 0.25) is 5.02 Å². The van der Waals surface area contributed by atoms with Crippen molar-refractivity contribution in [1.29, 1.82) is 0 Å². The van der Waals surface area contributed by atoms with E-state index in [2.05, 4.69) is 0 Å². The number of carbonyl (C=O) groups is 1. The Kier molecular flexibility index (Phi) is 4.46. The minimum Gasteiger partial charge on any atom is -0.496 e. The number of ketones is 1. The Morgan fingerprint density at radius 2 is 1.84 bits per heavy atom. The third-order valence-corrected chi connectivity index (χ3v) is 3.43. The molecule has 2 aromatic carbocycles. The minimum absolute atomic E-state index is 0.229. The molecule has 0 aromatic heterocycles. The highest BCUT2D eigenvalue weighted by Gasteiger charge is 2.22. The lowest BCUT2D eigenvalue weighted by molar-refractivity contribution is 0.0984. The van der Waals surface area contributed by atoms with Gasteiger partial charge >= 0.3 is 0 Å². The second-order valence-corrected chi connectivity index (χ2v) is 4.85. The molecule has 2 aromatic rings. The average Bonchev–Trinajstić information content (AvgIpc) is 2.46. The van der Waals surface area contributed by atoms with Gasteiger partial charge < -0.3 is 4.74 Å². The number of hydrogen-bond acceptors (Lipinski definition) is 2. The fraction of sp³-hybridized carbons (Fsp3) is 0.133. The van der Waals surface area contributed by atoms with Gasteiger partial charge in [-0.1, -0.05) is 41.9 Å². The van der Waals surface area contributed by atoms with E-state index < -0.39 is 5.38 Å². The topological polar surface area (TPSA) is 26.3 Å². The summed E-state index contributed by atoms with van der Waals surface area (Å²) in [6, 6.07) is 14.1. The summed E-state index contributed by atoms with van der Waals surface area (Å²) in [5, 5.41) is -0.283. The molecule has 1 atom stereocenters. The summed E-state index contributed by atoms with van der Waals surface area (Å²) in [5.41, 5.74) is 1.13. The summed E-state index contributed by atoms with van der Waals surface area (Å²) in [5.74, 6) is 0.239. The summed E-state index contributed by atoms with van der Waals surface area (Å²) < 4.78 is 5.17. The largest absolute Gasteiger partial charge is 0.496 e. The lowest BCUT2D eigenvalue weighted by Crippen LogP contribution is -2.09. The Bertz CT molecular complexity index is 582. The lowest BCUT2D eigenvalue weighted by atomic mass is 10.0. The van der Waals surface area contributed by atoms with Gasteiger partial charge in [0.15, 0.2) is 5.78 Å². The summed E-state index contributed by atoms with van der Waals surface area (Å²) >= 11 is 12.1. The van der Waals surface area contributed by atoms with Crippen LogP contribution in [0.25, 0.3) is 0 Å². The van der Waals surface area contributed by atoms with E-state index in [1.54, 1.807) is 18.2 Å². The molecule has 0 N–H and O–H groups in total. The van der Waals surface area contributed by atoms with Crippen LogP contribution in [0.1, 0.15) is 21.3 Å². The highest BCUT2D eigenvalue weighted by molar-refractivity contribution is 6.35. The number of Topliss-reactive ketones (excluding diaryl/α,β-unsaturated/α-hetero) is 1. The third kappa shape index (κ3) is 3.09. The number of halogens is 2. The van der Waals surface area contributed by atoms with Gasteiger partial charge in [-0.2, -0.15) is 0 Å². The van der Waals surface area contributed by atoms with Crippen molar-refractivity contribution in [2.24, 2.45) is 0 Å². The van der Waals surface area contributed by atoms with Crippen molar-refractivity contribution in [1.82, 2.24) is 0 Å². The first-order valence-electron chi connectivity index (χ1n) is 5.70. The average molecular weight is 295 g/mol. The molecule has 0 saturated heterocycles. The van der Waals surface area contributed by atoms with Crippen molar-refractivity contribution in [3.05, 3.63) is 64.7 Å². The molecule has 0 spiro atoms. The molecule has 0 amide bonds. The van der Waals surface area contributed by atoms with Gasteiger partial charge in [0.1, 0.15) is 11.1 Å². The van der Waals surface area contributed by atoms with Gasteiger partial charge in [-0.15, -0.1) is 11.6 Å². The van der Waals surface area contributed by atoms with Gasteiger partial charge in [0, 0.05) is 5.02 Å². The second kappa shape index (κ2) is 6.09. The number of rotatable bonds is 4. The Morgan fingerprint density at radius 1 is 1.16 bits per heavy atom. The van der Waals surface area contributed by atoms with Crippen LogP contribution in [0.3, 0.4) is 0 Å². The maximum absolute atomic E-state index is 12.4. The fourth-order valence-electron chi connectivity index (χ4n) is 1.78. The van der Waals surface area contributed by atoms with Crippen LogP contribution in [0.15, 0.2) is 48.5 Å². The van der Waals surface area contributed by atoms with E-state index in [4.69, 9.17) is 27.9 Å². The molecule has 0 aliphatic carbocycles. The van der Waals surface area contributed by atoms with Crippen LogP contribution >= 0.6 is 23.2 Å². The molecule has 0 aliphatic rings. The Labute approximate surface area is 121 Å². The van der Waals surface area contributed by atoms with Crippen molar-refractivity contribution < 1.29 is 9.53 Å². The van der Waals surface area contributed by atoms with Crippen LogP contribution in [0.5, 0.6) is 5.75 Å². The van der Waals surface area contributed by atoms with E-state index in [-0.39, 0.29) is 5.78 Å². The predicted octanol–water partition coefficient (Wildman–Crippen LogP) is 4.51. The predicted molar refractivity (Wildman–Crippen MR) is 77.4 cm³/mol. The highest BCUT2D eigenvalue weighted by Crippen LogP contribution is 2.31. The smallest absolute Gasteiger partial charge is 0.188 e. The summed E-state index contributed by atoms with van der Waals surface area (Å²) in [4.78, 5) is 12.4. The molecule has 0 radical (unpaired) electrons. The standard InChI is InChI=1S/C15H12Cl2O2/c1-19-13-8-7-11(16)9-12(13)15(18)14(17)10-5-3-2-4-6-10/h2-9,14H,1H3. The first-order valence-corrected chi connectivity index (χ1v) is 6.51. The van der Waals surface area contributed by atoms with Gasteiger partial charge in [0.05, 0.1) is 12.7 Å².